The summed E-state index contributed by atoms with van der Waals surface area (Å²) in [6.45, 7) is 18.3. The van der Waals surface area contributed by atoms with E-state index < -0.39 is 0 Å². The molecule has 0 radical (unpaired) electrons. The molecular weight excluding hydrogens is 881 g/mol. The Balaban J connectivity index is 0.968. The van der Waals surface area contributed by atoms with Crippen molar-refractivity contribution in [1.82, 2.24) is 0 Å². The molecule has 0 aliphatic rings. The van der Waals surface area contributed by atoms with Crippen molar-refractivity contribution in [2.45, 2.75) is 97.3 Å². The minimum Gasteiger partial charge on any atom is -0.345 e. The van der Waals surface area contributed by atoms with Crippen molar-refractivity contribution < 1.29 is 0 Å². The topological polar surface area (TPSA) is 6.48 Å². The molecular formula is C71H74N2. The molecule has 2 nitrogen and oxygen atoms in total. The molecule has 2 heteroatoms. The van der Waals surface area contributed by atoms with Gasteiger partial charge in [-0.05, 0) is 159 Å². The molecule has 0 saturated heterocycles. The minimum absolute atomic E-state index is 0.206. The fourth-order valence-corrected chi connectivity index (χ4v) is 10.7. The Bertz CT molecular complexity index is 3180. The van der Waals surface area contributed by atoms with E-state index in [1.54, 1.807) is 0 Å². The zero-order valence-corrected chi connectivity index (χ0v) is 45.0. The first-order valence-corrected chi connectivity index (χ1v) is 26.7. The van der Waals surface area contributed by atoms with Crippen LogP contribution in [0, 0.1) is 6.92 Å². The molecule has 3 unspecified atom stereocenters. The number of rotatable bonds is 17. The largest absolute Gasteiger partial charge is 0.345 e. The lowest BCUT2D eigenvalue weighted by molar-refractivity contribution is 0.591. The third-order valence-electron chi connectivity index (χ3n) is 16.5. The highest BCUT2D eigenvalue weighted by molar-refractivity contribution is 5.72. The summed E-state index contributed by atoms with van der Waals surface area (Å²) in [6.07, 6.45) is 3.20. The number of benzene rings is 9. The molecule has 73 heavy (non-hydrogen) atoms. The Morgan fingerprint density at radius 2 is 0.562 bits per heavy atom. The second-order valence-electron chi connectivity index (χ2n) is 21.1. The fourth-order valence-electron chi connectivity index (χ4n) is 10.7. The first kappa shape index (κ1) is 50.5. The quantitative estimate of drug-likeness (QED) is 0.0839. The summed E-state index contributed by atoms with van der Waals surface area (Å²) in [5, 5.41) is 0. The smallest absolute Gasteiger partial charge is 0.0448 e. The maximum absolute atomic E-state index is 2.39. The lowest BCUT2D eigenvalue weighted by Crippen LogP contribution is -2.29. The zero-order chi connectivity index (χ0) is 51.3. The van der Waals surface area contributed by atoms with Gasteiger partial charge in [0.1, 0.15) is 0 Å². The van der Waals surface area contributed by atoms with Gasteiger partial charge in [-0.25, -0.2) is 0 Å². The Kier molecular flexibility index (Phi) is 15.0. The first-order valence-electron chi connectivity index (χ1n) is 26.7. The average Bonchev–Trinajstić information content (AvgIpc) is 3.45. The van der Waals surface area contributed by atoms with Gasteiger partial charge in [0.25, 0.3) is 0 Å². The summed E-state index contributed by atoms with van der Waals surface area (Å²) in [4.78, 5) is 4.53. The highest BCUT2D eigenvalue weighted by atomic mass is 15.1. The molecule has 0 aromatic heterocycles. The third-order valence-corrected chi connectivity index (χ3v) is 16.5. The van der Waals surface area contributed by atoms with E-state index in [0.717, 1.165) is 19.3 Å². The summed E-state index contributed by atoms with van der Waals surface area (Å²) >= 11 is 0. The molecule has 9 aromatic carbocycles. The molecule has 0 bridgehead atoms. The van der Waals surface area contributed by atoms with Crippen LogP contribution in [0.25, 0.3) is 33.4 Å². The summed E-state index contributed by atoms with van der Waals surface area (Å²) in [5.41, 5.74) is 22.0. The monoisotopic (exact) mass is 955 g/mol. The van der Waals surface area contributed by atoms with Crippen molar-refractivity contribution >= 4 is 22.7 Å². The van der Waals surface area contributed by atoms with Crippen LogP contribution in [-0.2, 0) is 10.8 Å². The first-order chi connectivity index (χ1) is 35.3. The molecule has 0 amide bonds. The molecule has 0 N–H and O–H groups in total. The fraction of sp³-hybridized carbons (Fsp3) is 0.239. The normalized spacial score (nSPS) is 13.2. The van der Waals surface area contributed by atoms with Crippen molar-refractivity contribution in [3.8, 4) is 33.4 Å². The van der Waals surface area contributed by atoms with Crippen molar-refractivity contribution in [2.75, 3.05) is 23.9 Å². The third kappa shape index (κ3) is 10.4. The second-order valence-corrected chi connectivity index (χ2v) is 21.1. The average molecular weight is 955 g/mol. The van der Waals surface area contributed by atoms with Crippen LogP contribution in [0.15, 0.2) is 218 Å². The molecule has 0 heterocycles. The van der Waals surface area contributed by atoms with E-state index >= 15 is 0 Å². The number of hydrogen-bond donors (Lipinski definition) is 0. The predicted molar refractivity (Wildman–Crippen MR) is 316 cm³/mol. The zero-order valence-electron chi connectivity index (χ0n) is 45.0. The van der Waals surface area contributed by atoms with Gasteiger partial charge >= 0.3 is 0 Å². The van der Waals surface area contributed by atoms with Crippen molar-refractivity contribution in [3.05, 3.63) is 263 Å². The number of anilines is 4. The van der Waals surface area contributed by atoms with Gasteiger partial charge in [-0.3, -0.25) is 0 Å². The van der Waals surface area contributed by atoms with Crippen LogP contribution < -0.4 is 9.80 Å². The summed E-state index contributed by atoms with van der Waals surface area (Å²) in [5.74, 6) is 1.14. The lowest BCUT2D eigenvalue weighted by Gasteiger charge is -2.36. The van der Waals surface area contributed by atoms with E-state index in [1.165, 1.54) is 101 Å². The van der Waals surface area contributed by atoms with Crippen LogP contribution in [0.5, 0.6) is 0 Å². The maximum atomic E-state index is 2.39. The van der Waals surface area contributed by atoms with Crippen molar-refractivity contribution in [1.29, 1.82) is 0 Å². The molecule has 0 fully saturated rings. The Labute approximate surface area is 438 Å². The van der Waals surface area contributed by atoms with Gasteiger partial charge < -0.3 is 9.80 Å². The summed E-state index contributed by atoms with van der Waals surface area (Å²) in [7, 11) is 4.30. The van der Waals surface area contributed by atoms with Gasteiger partial charge in [-0.1, -0.05) is 224 Å². The standard InChI is InChI=1S/C71H74N2/c1-11-51(5)53-24-42-66(43-25-53)72(9)68-46-28-59(29-47-68)56-18-32-61(33-19-56)70(7,8)62-38-40-65(41-39-62)71(13-3,63-34-20-57(21-35-63)55-16-14-50(4)15-17-55)64-36-22-58(23-37-64)60-30-48-69(49-31-60)73(10)67-44-26-54(27-45-67)52(6)12-2/h14-49,51-52H,11-13H2,1-10H3. The highest BCUT2D eigenvalue weighted by Gasteiger charge is 2.35. The molecule has 0 saturated carbocycles. The summed E-state index contributed by atoms with van der Waals surface area (Å²) in [6, 6.07) is 82.2. The van der Waals surface area contributed by atoms with Crippen LogP contribution in [0.4, 0.5) is 22.7 Å². The Morgan fingerprint density at radius 3 is 0.849 bits per heavy atom. The molecule has 9 rings (SSSR count). The second kappa shape index (κ2) is 21.7. The SMILES string of the molecule is CCC(C)c1ccc(N(C)c2ccc(-c3ccc(C(C)(C)c4ccc(C(CC)(c5ccc(-c6ccc(C)cc6)cc5)c5ccc(-c6ccc(N(C)c7ccc(C(C)CC)cc7)cc6)cc5)cc4)cc3)cc2)cc1. The van der Waals surface area contributed by atoms with Crippen LogP contribution in [0.1, 0.15) is 124 Å². The van der Waals surface area contributed by atoms with Gasteiger partial charge in [0.2, 0.25) is 0 Å². The van der Waals surface area contributed by atoms with Crippen molar-refractivity contribution in [3.63, 3.8) is 0 Å². The van der Waals surface area contributed by atoms with Crippen LogP contribution in [0.3, 0.4) is 0 Å². The molecule has 0 spiro atoms. The predicted octanol–water partition coefficient (Wildman–Crippen LogP) is 19.6. The van der Waals surface area contributed by atoms with Crippen molar-refractivity contribution in [2.24, 2.45) is 0 Å². The van der Waals surface area contributed by atoms with Crippen LogP contribution >= 0.6 is 0 Å². The maximum Gasteiger partial charge on any atom is 0.0448 e. The lowest BCUT2D eigenvalue weighted by atomic mass is 9.66. The number of aryl methyl sites for hydroxylation is 1. The molecule has 3 atom stereocenters. The van der Waals surface area contributed by atoms with E-state index in [1.807, 2.05) is 0 Å². The van der Waals surface area contributed by atoms with E-state index in [4.69, 9.17) is 0 Å². The van der Waals surface area contributed by atoms with E-state index in [2.05, 4.69) is 298 Å². The van der Waals surface area contributed by atoms with Gasteiger partial charge in [0.15, 0.2) is 0 Å². The van der Waals surface area contributed by atoms with Gasteiger partial charge in [-0.2, -0.15) is 0 Å². The minimum atomic E-state index is -0.367. The Hall–Kier alpha value is -7.42. The number of hydrogen-bond acceptors (Lipinski definition) is 2. The van der Waals surface area contributed by atoms with Gasteiger partial charge in [0.05, 0.1) is 0 Å². The highest BCUT2D eigenvalue weighted by Crippen LogP contribution is 2.45. The van der Waals surface area contributed by atoms with E-state index in [9.17, 15) is 0 Å². The Morgan fingerprint density at radius 1 is 0.329 bits per heavy atom. The van der Waals surface area contributed by atoms with Crippen LogP contribution in [0.2, 0.25) is 0 Å². The molecule has 0 aliphatic heterocycles. The van der Waals surface area contributed by atoms with E-state index in [-0.39, 0.29) is 10.8 Å². The summed E-state index contributed by atoms with van der Waals surface area (Å²) < 4.78 is 0. The number of nitrogens with zero attached hydrogens (tertiary/aromatic N) is 2. The van der Waals surface area contributed by atoms with Gasteiger partial charge in [0, 0.05) is 47.7 Å². The van der Waals surface area contributed by atoms with Gasteiger partial charge in [-0.15, -0.1) is 0 Å². The molecule has 0 aliphatic carbocycles. The molecule has 9 aromatic rings. The van der Waals surface area contributed by atoms with Crippen LogP contribution in [-0.4, -0.2) is 14.1 Å². The molecule has 368 valence electrons. The van der Waals surface area contributed by atoms with E-state index in [0.29, 0.717) is 11.8 Å².